The Morgan fingerprint density at radius 3 is 2.84 bits per heavy atom. The number of rotatable bonds is 4. The van der Waals surface area contributed by atoms with Gasteiger partial charge in [0.05, 0.1) is 6.54 Å². The number of aromatic nitrogens is 2. The molecule has 1 aliphatic heterocycles. The van der Waals surface area contributed by atoms with Crippen LogP contribution < -0.4 is 4.74 Å². The monoisotopic (exact) mass is 339 g/mol. The molecule has 0 radical (unpaired) electrons. The summed E-state index contributed by atoms with van der Waals surface area (Å²) >= 11 is 0. The fourth-order valence-corrected chi connectivity index (χ4v) is 3.21. The molecule has 0 spiro atoms. The van der Waals surface area contributed by atoms with Gasteiger partial charge in [0.2, 0.25) is 0 Å². The molecule has 5 nitrogen and oxygen atoms in total. The Kier molecular flexibility index (Phi) is 5.31. The van der Waals surface area contributed by atoms with Crippen molar-refractivity contribution in [3.05, 3.63) is 53.1 Å². The number of carbonyl (C=O) groups is 1. The molecule has 132 valence electrons. The molecule has 5 heteroatoms. The van der Waals surface area contributed by atoms with Crippen molar-refractivity contribution in [1.29, 1.82) is 0 Å². The summed E-state index contributed by atoms with van der Waals surface area (Å²) in [6.07, 6.45) is 3.15. The Balaban J connectivity index is 1.89. The van der Waals surface area contributed by atoms with E-state index >= 15 is 0 Å². The van der Waals surface area contributed by atoms with Crippen molar-refractivity contribution in [3.8, 4) is 5.75 Å². The van der Waals surface area contributed by atoms with Crippen LogP contribution in [-0.2, 0) is 6.54 Å². The predicted molar refractivity (Wildman–Crippen MR) is 96.6 cm³/mol. The van der Waals surface area contributed by atoms with E-state index in [0.29, 0.717) is 24.6 Å². The number of fused-ring (bicyclic) bond motifs is 1. The van der Waals surface area contributed by atoms with Crippen LogP contribution in [0.4, 0.5) is 0 Å². The first kappa shape index (κ1) is 17.4. The highest BCUT2D eigenvalue weighted by Crippen LogP contribution is 2.27. The van der Waals surface area contributed by atoms with Crippen molar-refractivity contribution < 1.29 is 9.53 Å². The van der Waals surface area contributed by atoms with Crippen LogP contribution in [0.25, 0.3) is 0 Å². The van der Waals surface area contributed by atoms with Gasteiger partial charge < -0.3 is 9.64 Å². The van der Waals surface area contributed by atoms with E-state index in [-0.39, 0.29) is 12.0 Å². The molecule has 1 atom stereocenters. The average Bonchev–Trinajstić information content (AvgIpc) is 2.77. The summed E-state index contributed by atoms with van der Waals surface area (Å²) in [5.41, 5.74) is 2.31. The topological polar surface area (TPSA) is 55.3 Å². The van der Waals surface area contributed by atoms with Gasteiger partial charge in [-0.05, 0) is 38.8 Å². The van der Waals surface area contributed by atoms with Crippen molar-refractivity contribution in [2.24, 2.45) is 0 Å². The lowest BCUT2D eigenvalue weighted by Crippen LogP contribution is -2.37. The molecular weight excluding hydrogens is 314 g/mol. The second kappa shape index (κ2) is 7.64. The third-order valence-electron chi connectivity index (χ3n) is 4.40. The van der Waals surface area contributed by atoms with Gasteiger partial charge in [0, 0.05) is 17.8 Å². The van der Waals surface area contributed by atoms with Gasteiger partial charge in [0.1, 0.15) is 23.4 Å². The number of carbonyl (C=O) groups excluding carboxylic acids is 1. The number of nitrogens with zero attached hydrogens (tertiary/aromatic N) is 3. The van der Waals surface area contributed by atoms with Crippen LogP contribution in [0.3, 0.4) is 0 Å². The van der Waals surface area contributed by atoms with Crippen LogP contribution in [0.2, 0.25) is 0 Å². The SMILES string of the molecule is CCCCC1CN(C(=O)c2cc(C)nc(C)n2)Cc2ccccc2O1. The number of amides is 1. The predicted octanol–water partition coefficient (Wildman–Crippen LogP) is 3.69. The molecule has 0 fully saturated rings. The van der Waals surface area contributed by atoms with Crippen LogP contribution in [0.5, 0.6) is 5.75 Å². The highest BCUT2D eigenvalue weighted by atomic mass is 16.5. The third kappa shape index (κ3) is 4.16. The van der Waals surface area contributed by atoms with E-state index in [9.17, 15) is 4.79 Å². The van der Waals surface area contributed by atoms with Crippen LogP contribution in [0.1, 0.15) is 53.8 Å². The lowest BCUT2D eigenvalue weighted by atomic mass is 10.1. The molecular formula is C20H25N3O2. The number of hydrogen-bond donors (Lipinski definition) is 0. The van der Waals surface area contributed by atoms with E-state index in [1.807, 2.05) is 43.0 Å². The van der Waals surface area contributed by atoms with Gasteiger partial charge >= 0.3 is 0 Å². The Hall–Kier alpha value is -2.43. The van der Waals surface area contributed by atoms with Gasteiger partial charge in [-0.15, -0.1) is 0 Å². The Morgan fingerprint density at radius 1 is 1.28 bits per heavy atom. The number of hydrogen-bond acceptors (Lipinski definition) is 4. The molecule has 0 saturated carbocycles. The van der Waals surface area contributed by atoms with Crippen LogP contribution in [0, 0.1) is 13.8 Å². The van der Waals surface area contributed by atoms with E-state index in [1.165, 1.54) is 0 Å². The van der Waals surface area contributed by atoms with E-state index in [0.717, 1.165) is 36.3 Å². The Morgan fingerprint density at radius 2 is 2.08 bits per heavy atom. The minimum atomic E-state index is -0.0598. The van der Waals surface area contributed by atoms with Gasteiger partial charge in [0.15, 0.2) is 0 Å². The molecule has 0 saturated heterocycles. The van der Waals surface area contributed by atoms with Gasteiger partial charge in [0.25, 0.3) is 5.91 Å². The summed E-state index contributed by atoms with van der Waals surface area (Å²) in [5.74, 6) is 1.45. The summed E-state index contributed by atoms with van der Waals surface area (Å²) in [6.45, 7) is 6.99. The van der Waals surface area contributed by atoms with Crippen LogP contribution >= 0.6 is 0 Å². The lowest BCUT2D eigenvalue weighted by Gasteiger charge is -2.24. The molecule has 1 amide bonds. The normalized spacial score (nSPS) is 16.8. The molecule has 1 aromatic heterocycles. The second-order valence-electron chi connectivity index (χ2n) is 6.62. The zero-order chi connectivity index (χ0) is 17.8. The first-order valence-electron chi connectivity index (χ1n) is 8.93. The van der Waals surface area contributed by atoms with Crippen molar-refractivity contribution in [2.75, 3.05) is 6.54 Å². The van der Waals surface area contributed by atoms with E-state index in [1.54, 1.807) is 6.07 Å². The zero-order valence-corrected chi connectivity index (χ0v) is 15.2. The standard InChI is InChI=1S/C20H25N3O2/c1-4-5-9-17-13-23(12-16-8-6-7-10-19(16)25-17)20(24)18-11-14(2)21-15(3)22-18/h6-8,10-11,17H,4-5,9,12-13H2,1-3H3. The zero-order valence-electron chi connectivity index (χ0n) is 15.2. The van der Waals surface area contributed by atoms with Gasteiger partial charge in [-0.1, -0.05) is 31.5 Å². The van der Waals surface area contributed by atoms with Gasteiger partial charge in [-0.25, -0.2) is 9.97 Å². The molecule has 2 heterocycles. The minimum absolute atomic E-state index is 0.0107. The molecule has 0 bridgehead atoms. The number of aryl methyl sites for hydroxylation is 2. The first-order chi connectivity index (χ1) is 12.1. The number of para-hydroxylation sites is 1. The lowest BCUT2D eigenvalue weighted by molar-refractivity contribution is 0.0661. The first-order valence-corrected chi connectivity index (χ1v) is 8.93. The maximum Gasteiger partial charge on any atom is 0.273 e. The largest absolute Gasteiger partial charge is 0.488 e. The average molecular weight is 339 g/mol. The van der Waals surface area contributed by atoms with Crippen molar-refractivity contribution in [1.82, 2.24) is 14.9 Å². The summed E-state index contributed by atoms with van der Waals surface area (Å²) in [4.78, 5) is 23.5. The van der Waals surface area contributed by atoms with Crippen molar-refractivity contribution in [2.45, 2.75) is 52.7 Å². The molecule has 0 aliphatic carbocycles. The molecule has 25 heavy (non-hydrogen) atoms. The molecule has 0 N–H and O–H groups in total. The number of unbranched alkanes of at least 4 members (excludes halogenated alkanes) is 1. The van der Waals surface area contributed by atoms with E-state index in [2.05, 4.69) is 16.9 Å². The quantitative estimate of drug-likeness (QED) is 0.852. The summed E-state index contributed by atoms with van der Waals surface area (Å²) in [6, 6.07) is 9.73. The van der Waals surface area contributed by atoms with Crippen LogP contribution in [0.15, 0.2) is 30.3 Å². The van der Waals surface area contributed by atoms with Gasteiger partial charge in [-0.2, -0.15) is 0 Å². The Labute approximate surface area is 149 Å². The van der Waals surface area contributed by atoms with E-state index in [4.69, 9.17) is 4.74 Å². The molecule has 1 aliphatic rings. The molecule has 1 unspecified atom stereocenters. The van der Waals surface area contributed by atoms with Crippen LogP contribution in [-0.4, -0.2) is 33.4 Å². The highest BCUT2D eigenvalue weighted by Gasteiger charge is 2.27. The highest BCUT2D eigenvalue weighted by molar-refractivity contribution is 5.92. The smallest absolute Gasteiger partial charge is 0.273 e. The maximum atomic E-state index is 13.1. The third-order valence-corrected chi connectivity index (χ3v) is 4.40. The van der Waals surface area contributed by atoms with E-state index < -0.39 is 0 Å². The summed E-state index contributed by atoms with van der Waals surface area (Å²) < 4.78 is 6.20. The molecule has 2 aromatic rings. The molecule has 1 aromatic carbocycles. The fourth-order valence-electron chi connectivity index (χ4n) is 3.21. The molecule has 3 rings (SSSR count). The fraction of sp³-hybridized carbons (Fsp3) is 0.450. The number of ether oxygens (including phenoxy) is 1. The Bertz CT molecular complexity index is 740. The summed E-state index contributed by atoms with van der Waals surface area (Å²) in [5, 5.41) is 0. The van der Waals surface area contributed by atoms with Crippen molar-refractivity contribution >= 4 is 5.91 Å². The van der Waals surface area contributed by atoms with Gasteiger partial charge in [-0.3, -0.25) is 4.79 Å². The number of benzene rings is 1. The van der Waals surface area contributed by atoms with Crippen molar-refractivity contribution in [3.63, 3.8) is 0 Å². The summed E-state index contributed by atoms with van der Waals surface area (Å²) in [7, 11) is 0. The second-order valence-corrected chi connectivity index (χ2v) is 6.62. The minimum Gasteiger partial charge on any atom is -0.488 e. The maximum absolute atomic E-state index is 13.1.